The Morgan fingerprint density at radius 3 is 2.53 bits per heavy atom. The van der Waals surface area contributed by atoms with Gasteiger partial charge in [0.2, 0.25) is 0 Å². The smallest absolute Gasteiger partial charge is 0.319 e. The molecule has 1 aromatic carbocycles. The van der Waals surface area contributed by atoms with Crippen molar-refractivity contribution in [1.82, 2.24) is 10.6 Å². The lowest BCUT2D eigenvalue weighted by Gasteiger charge is -2.13. The fourth-order valence-corrected chi connectivity index (χ4v) is 1.54. The van der Waals surface area contributed by atoms with Gasteiger partial charge in [0.25, 0.3) is 5.91 Å². The molecule has 0 spiro atoms. The highest BCUT2D eigenvalue weighted by atomic mass is 16.2. The topological polar surface area (TPSA) is 70.2 Å². The fourth-order valence-electron chi connectivity index (χ4n) is 1.54. The molecule has 0 saturated heterocycles. The molecule has 0 heterocycles. The van der Waals surface area contributed by atoms with Gasteiger partial charge in [-0.15, -0.1) is 0 Å². The zero-order chi connectivity index (χ0) is 14.3. The number of anilines is 1. The summed E-state index contributed by atoms with van der Waals surface area (Å²) in [6, 6.07) is 6.68. The third-order valence-electron chi connectivity index (χ3n) is 2.38. The second-order valence-electron chi connectivity index (χ2n) is 4.55. The molecule has 0 unspecified atom stereocenters. The van der Waals surface area contributed by atoms with E-state index in [1.807, 2.05) is 20.8 Å². The number of amides is 3. The molecule has 0 saturated carbocycles. The Hall–Kier alpha value is -2.04. The quantitative estimate of drug-likeness (QED) is 0.763. The zero-order valence-electron chi connectivity index (χ0n) is 11.6. The summed E-state index contributed by atoms with van der Waals surface area (Å²) < 4.78 is 0. The van der Waals surface area contributed by atoms with Crippen LogP contribution in [-0.2, 0) is 0 Å². The molecule has 19 heavy (non-hydrogen) atoms. The van der Waals surface area contributed by atoms with Crippen molar-refractivity contribution in [3.63, 3.8) is 0 Å². The van der Waals surface area contributed by atoms with Crippen molar-refractivity contribution in [3.05, 3.63) is 29.8 Å². The van der Waals surface area contributed by atoms with E-state index >= 15 is 0 Å². The van der Waals surface area contributed by atoms with Crippen LogP contribution in [0.15, 0.2) is 24.3 Å². The molecule has 0 radical (unpaired) electrons. The van der Waals surface area contributed by atoms with Gasteiger partial charge in [-0.3, -0.25) is 4.79 Å². The molecular formula is C14H21N3O2. The van der Waals surface area contributed by atoms with Gasteiger partial charge in [0.15, 0.2) is 0 Å². The summed E-state index contributed by atoms with van der Waals surface area (Å²) in [7, 11) is 0. The van der Waals surface area contributed by atoms with E-state index in [1.54, 1.807) is 24.3 Å². The first kappa shape index (κ1) is 15.0. The lowest BCUT2D eigenvalue weighted by atomic mass is 10.1. The third-order valence-corrected chi connectivity index (χ3v) is 2.38. The Morgan fingerprint density at radius 2 is 1.89 bits per heavy atom. The van der Waals surface area contributed by atoms with E-state index in [9.17, 15) is 9.59 Å². The molecular weight excluding hydrogens is 242 g/mol. The second-order valence-corrected chi connectivity index (χ2v) is 4.55. The van der Waals surface area contributed by atoms with Crippen LogP contribution >= 0.6 is 0 Å². The van der Waals surface area contributed by atoms with Crippen LogP contribution in [0.5, 0.6) is 0 Å². The summed E-state index contributed by atoms with van der Waals surface area (Å²) >= 11 is 0. The van der Waals surface area contributed by atoms with Crippen LogP contribution in [0.25, 0.3) is 0 Å². The Bertz CT molecular complexity index is 444. The van der Waals surface area contributed by atoms with Gasteiger partial charge >= 0.3 is 6.03 Å². The first-order chi connectivity index (χ1) is 9.04. The minimum absolute atomic E-state index is 0.0427. The Morgan fingerprint density at radius 1 is 1.21 bits per heavy atom. The van der Waals surface area contributed by atoms with E-state index in [0.29, 0.717) is 17.8 Å². The number of carbonyl (C=O) groups excluding carboxylic acids is 2. The summed E-state index contributed by atoms with van der Waals surface area (Å²) in [6.45, 7) is 6.35. The monoisotopic (exact) mass is 263 g/mol. The normalized spacial score (nSPS) is 10.1. The lowest BCUT2D eigenvalue weighted by Crippen LogP contribution is -2.35. The first-order valence-corrected chi connectivity index (χ1v) is 6.49. The number of hydrogen-bond donors (Lipinski definition) is 3. The average molecular weight is 263 g/mol. The maximum absolute atomic E-state index is 11.9. The first-order valence-electron chi connectivity index (χ1n) is 6.49. The van der Waals surface area contributed by atoms with E-state index in [2.05, 4.69) is 16.0 Å². The predicted octanol–water partition coefficient (Wildman–Crippen LogP) is 2.36. The van der Waals surface area contributed by atoms with Crippen molar-refractivity contribution in [2.75, 3.05) is 11.9 Å². The maximum atomic E-state index is 11.9. The molecule has 0 bridgehead atoms. The van der Waals surface area contributed by atoms with Gasteiger partial charge in [-0.1, -0.05) is 19.1 Å². The number of nitrogens with one attached hydrogen (secondary N) is 3. The molecule has 0 aliphatic rings. The van der Waals surface area contributed by atoms with E-state index in [4.69, 9.17) is 0 Å². The van der Waals surface area contributed by atoms with Gasteiger partial charge < -0.3 is 16.0 Å². The number of rotatable bonds is 5. The van der Waals surface area contributed by atoms with Crippen LogP contribution in [0, 0.1) is 0 Å². The van der Waals surface area contributed by atoms with Crippen molar-refractivity contribution < 1.29 is 9.59 Å². The molecule has 1 rings (SSSR count). The van der Waals surface area contributed by atoms with Gasteiger partial charge in [0, 0.05) is 12.6 Å². The maximum Gasteiger partial charge on any atom is 0.319 e. The van der Waals surface area contributed by atoms with Crippen LogP contribution in [-0.4, -0.2) is 24.5 Å². The molecule has 0 aromatic heterocycles. The van der Waals surface area contributed by atoms with Crippen molar-refractivity contribution in [2.45, 2.75) is 33.2 Å². The molecule has 104 valence electrons. The number of carbonyl (C=O) groups is 2. The molecule has 3 amide bonds. The fraction of sp³-hybridized carbons (Fsp3) is 0.429. The SMILES string of the molecule is CCCNC(=O)c1ccccc1NC(=O)NC(C)C. The van der Waals surface area contributed by atoms with Crippen LogP contribution in [0.3, 0.4) is 0 Å². The van der Waals surface area contributed by atoms with E-state index in [0.717, 1.165) is 6.42 Å². The number of hydrogen-bond acceptors (Lipinski definition) is 2. The number of benzene rings is 1. The largest absolute Gasteiger partial charge is 0.352 e. The molecule has 0 fully saturated rings. The Labute approximate surface area is 113 Å². The van der Waals surface area contributed by atoms with E-state index in [-0.39, 0.29) is 18.0 Å². The number of para-hydroxylation sites is 1. The van der Waals surface area contributed by atoms with Gasteiger partial charge in [-0.2, -0.15) is 0 Å². The van der Waals surface area contributed by atoms with Crippen LogP contribution in [0.1, 0.15) is 37.6 Å². The standard InChI is InChI=1S/C14H21N3O2/c1-4-9-15-13(18)11-7-5-6-8-12(11)17-14(19)16-10(2)3/h5-8,10H,4,9H2,1-3H3,(H,15,18)(H2,16,17,19). The van der Waals surface area contributed by atoms with Crippen molar-refractivity contribution >= 4 is 17.6 Å². The molecule has 0 aliphatic heterocycles. The molecule has 0 atom stereocenters. The average Bonchev–Trinajstić information content (AvgIpc) is 2.35. The highest BCUT2D eigenvalue weighted by molar-refractivity contribution is 6.03. The van der Waals surface area contributed by atoms with Gasteiger partial charge in [0.1, 0.15) is 0 Å². The highest BCUT2D eigenvalue weighted by Crippen LogP contribution is 2.14. The Kier molecular flexibility index (Phi) is 5.85. The summed E-state index contributed by atoms with van der Waals surface area (Å²) in [5.74, 6) is -0.178. The summed E-state index contributed by atoms with van der Waals surface area (Å²) in [5, 5.41) is 8.20. The van der Waals surface area contributed by atoms with E-state index < -0.39 is 0 Å². The second kappa shape index (κ2) is 7.41. The van der Waals surface area contributed by atoms with Gasteiger partial charge in [-0.05, 0) is 32.4 Å². The van der Waals surface area contributed by atoms with E-state index in [1.165, 1.54) is 0 Å². The van der Waals surface area contributed by atoms with Gasteiger partial charge in [-0.25, -0.2) is 4.79 Å². The van der Waals surface area contributed by atoms with Crippen molar-refractivity contribution in [2.24, 2.45) is 0 Å². The Balaban J connectivity index is 2.78. The van der Waals surface area contributed by atoms with Crippen molar-refractivity contribution in [3.8, 4) is 0 Å². The molecule has 5 heteroatoms. The van der Waals surface area contributed by atoms with Crippen LogP contribution in [0.2, 0.25) is 0 Å². The highest BCUT2D eigenvalue weighted by Gasteiger charge is 2.12. The number of urea groups is 1. The molecule has 5 nitrogen and oxygen atoms in total. The molecule has 1 aromatic rings. The van der Waals surface area contributed by atoms with Gasteiger partial charge in [0.05, 0.1) is 11.3 Å². The zero-order valence-corrected chi connectivity index (χ0v) is 11.6. The third kappa shape index (κ3) is 4.99. The minimum Gasteiger partial charge on any atom is -0.352 e. The summed E-state index contributed by atoms with van der Waals surface area (Å²) in [6.07, 6.45) is 0.870. The predicted molar refractivity (Wildman–Crippen MR) is 76.4 cm³/mol. The van der Waals surface area contributed by atoms with Crippen LogP contribution < -0.4 is 16.0 Å². The molecule has 0 aliphatic carbocycles. The lowest BCUT2D eigenvalue weighted by molar-refractivity contribution is 0.0954. The summed E-state index contributed by atoms with van der Waals surface area (Å²) in [5.41, 5.74) is 0.976. The summed E-state index contributed by atoms with van der Waals surface area (Å²) in [4.78, 5) is 23.6. The van der Waals surface area contributed by atoms with Crippen molar-refractivity contribution in [1.29, 1.82) is 0 Å². The van der Waals surface area contributed by atoms with Crippen LogP contribution in [0.4, 0.5) is 10.5 Å². The molecule has 3 N–H and O–H groups in total. The minimum atomic E-state index is -0.314.